The van der Waals surface area contributed by atoms with E-state index in [4.69, 9.17) is 28.3 Å². The number of hydrogen-bond donors (Lipinski definition) is 2. The van der Waals surface area contributed by atoms with Crippen LogP contribution in [0.4, 0.5) is 0 Å². The van der Waals surface area contributed by atoms with Crippen molar-refractivity contribution in [1.82, 2.24) is 5.32 Å². The molecule has 2 N–H and O–H groups in total. The van der Waals surface area contributed by atoms with Gasteiger partial charge in [0.1, 0.15) is 0 Å². The van der Waals surface area contributed by atoms with Gasteiger partial charge < -0.3 is 10.4 Å². The van der Waals surface area contributed by atoms with Crippen molar-refractivity contribution in [3.63, 3.8) is 0 Å². The van der Waals surface area contributed by atoms with Crippen molar-refractivity contribution < 1.29 is 14.7 Å². The number of halogens is 2. The van der Waals surface area contributed by atoms with E-state index in [-0.39, 0.29) is 5.91 Å². The molecule has 21 heavy (non-hydrogen) atoms. The summed E-state index contributed by atoms with van der Waals surface area (Å²) in [5.74, 6) is -2.38. The molecule has 0 heterocycles. The second-order valence-corrected chi connectivity index (χ2v) is 5.77. The van der Waals surface area contributed by atoms with E-state index in [2.05, 4.69) is 5.32 Å². The van der Waals surface area contributed by atoms with Crippen LogP contribution in [0, 0.1) is 11.8 Å². The van der Waals surface area contributed by atoms with E-state index in [1.807, 2.05) is 12.2 Å². The SMILES string of the molecule is O=C(NCc1ccc(Cl)c(Cl)c1)[C@H]1CC=CC[C@H]1C(=O)O. The first-order valence-electron chi connectivity index (χ1n) is 6.58. The van der Waals surface area contributed by atoms with Gasteiger partial charge >= 0.3 is 5.97 Å². The van der Waals surface area contributed by atoms with E-state index in [1.54, 1.807) is 18.2 Å². The summed E-state index contributed by atoms with van der Waals surface area (Å²) < 4.78 is 0. The maximum atomic E-state index is 12.2. The van der Waals surface area contributed by atoms with Gasteiger partial charge in [-0.05, 0) is 30.5 Å². The van der Waals surface area contributed by atoms with Crippen molar-refractivity contribution in [2.45, 2.75) is 19.4 Å². The van der Waals surface area contributed by atoms with Gasteiger partial charge in [0.2, 0.25) is 5.91 Å². The van der Waals surface area contributed by atoms with Gasteiger partial charge in [-0.1, -0.05) is 41.4 Å². The molecule has 6 heteroatoms. The lowest BCUT2D eigenvalue weighted by Crippen LogP contribution is -2.38. The Kier molecular flexibility index (Phi) is 5.26. The second-order valence-electron chi connectivity index (χ2n) is 4.96. The number of hydrogen-bond acceptors (Lipinski definition) is 2. The zero-order chi connectivity index (χ0) is 15.4. The highest BCUT2D eigenvalue weighted by molar-refractivity contribution is 6.42. The quantitative estimate of drug-likeness (QED) is 0.834. The number of carboxylic acid groups (broad SMARTS) is 1. The van der Waals surface area contributed by atoms with Crippen LogP contribution in [-0.4, -0.2) is 17.0 Å². The van der Waals surface area contributed by atoms with Gasteiger partial charge in [0.05, 0.1) is 21.9 Å². The van der Waals surface area contributed by atoms with Crippen LogP contribution in [0.25, 0.3) is 0 Å². The van der Waals surface area contributed by atoms with E-state index in [0.717, 1.165) is 5.56 Å². The first kappa shape index (κ1) is 15.9. The number of carbonyl (C=O) groups excluding carboxylic acids is 1. The number of nitrogens with one attached hydrogen (secondary N) is 1. The maximum Gasteiger partial charge on any atom is 0.307 e. The predicted octanol–water partition coefficient (Wildman–Crippen LogP) is 3.28. The van der Waals surface area contributed by atoms with Crippen molar-refractivity contribution in [2.24, 2.45) is 11.8 Å². The fourth-order valence-electron chi connectivity index (χ4n) is 2.35. The van der Waals surface area contributed by atoms with Crippen LogP contribution in [0.5, 0.6) is 0 Å². The summed E-state index contributed by atoms with van der Waals surface area (Å²) in [4.78, 5) is 23.4. The van der Waals surface area contributed by atoms with E-state index in [9.17, 15) is 9.59 Å². The van der Waals surface area contributed by atoms with Gasteiger partial charge in [0.15, 0.2) is 0 Å². The molecule has 1 aliphatic rings. The number of amides is 1. The number of allylic oxidation sites excluding steroid dienone is 2. The third-order valence-corrected chi connectivity index (χ3v) is 4.28. The van der Waals surface area contributed by atoms with Gasteiger partial charge in [-0.3, -0.25) is 9.59 Å². The molecule has 4 nitrogen and oxygen atoms in total. The van der Waals surface area contributed by atoms with Crippen molar-refractivity contribution in [1.29, 1.82) is 0 Å². The molecule has 2 rings (SSSR count). The zero-order valence-electron chi connectivity index (χ0n) is 11.2. The van der Waals surface area contributed by atoms with Gasteiger partial charge in [-0.2, -0.15) is 0 Å². The first-order valence-corrected chi connectivity index (χ1v) is 7.34. The predicted molar refractivity (Wildman–Crippen MR) is 81.3 cm³/mol. The third-order valence-electron chi connectivity index (χ3n) is 3.54. The smallest absolute Gasteiger partial charge is 0.307 e. The number of carboxylic acids is 1. The Balaban J connectivity index is 1.99. The summed E-state index contributed by atoms with van der Waals surface area (Å²) in [5, 5.41) is 12.8. The third kappa shape index (κ3) is 3.99. The minimum atomic E-state index is -0.936. The summed E-state index contributed by atoms with van der Waals surface area (Å²) in [7, 11) is 0. The molecule has 112 valence electrons. The molecule has 2 atom stereocenters. The largest absolute Gasteiger partial charge is 0.481 e. The minimum absolute atomic E-state index is 0.252. The zero-order valence-corrected chi connectivity index (χ0v) is 12.7. The monoisotopic (exact) mass is 327 g/mol. The average Bonchev–Trinajstić information content (AvgIpc) is 2.48. The first-order chi connectivity index (χ1) is 9.99. The summed E-state index contributed by atoms with van der Waals surface area (Å²) in [6, 6.07) is 5.11. The summed E-state index contributed by atoms with van der Waals surface area (Å²) >= 11 is 11.7. The Hall–Kier alpha value is -1.52. The fourth-order valence-corrected chi connectivity index (χ4v) is 2.67. The fraction of sp³-hybridized carbons (Fsp3) is 0.333. The molecule has 1 aromatic rings. The van der Waals surface area contributed by atoms with Crippen molar-refractivity contribution >= 4 is 35.1 Å². The van der Waals surface area contributed by atoms with E-state index in [1.165, 1.54) is 0 Å². The molecular formula is C15H15Cl2NO3. The molecule has 0 saturated heterocycles. The summed E-state index contributed by atoms with van der Waals surface area (Å²) in [5.41, 5.74) is 0.816. The summed E-state index contributed by atoms with van der Waals surface area (Å²) in [6.07, 6.45) is 4.49. The maximum absolute atomic E-state index is 12.2. The van der Waals surface area contributed by atoms with Crippen molar-refractivity contribution in [3.8, 4) is 0 Å². The van der Waals surface area contributed by atoms with Crippen molar-refractivity contribution in [2.75, 3.05) is 0 Å². The Bertz CT molecular complexity index is 586. The molecule has 0 bridgehead atoms. The van der Waals surface area contributed by atoms with Crippen LogP contribution in [-0.2, 0) is 16.1 Å². The lowest BCUT2D eigenvalue weighted by Gasteiger charge is -2.24. The molecule has 0 fully saturated rings. The molecular weight excluding hydrogens is 313 g/mol. The van der Waals surface area contributed by atoms with Crippen LogP contribution < -0.4 is 5.32 Å². The lowest BCUT2D eigenvalue weighted by molar-refractivity contribution is -0.147. The Labute approximate surface area is 132 Å². The normalized spacial score (nSPS) is 21.0. The summed E-state index contributed by atoms with van der Waals surface area (Å²) in [6.45, 7) is 0.294. The Morgan fingerprint density at radius 2 is 1.81 bits per heavy atom. The minimum Gasteiger partial charge on any atom is -0.481 e. The van der Waals surface area contributed by atoms with Gasteiger partial charge in [0, 0.05) is 6.54 Å². The lowest BCUT2D eigenvalue weighted by atomic mass is 9.82. The van der Waals surface area contributed by atoms with E-state index < -0.39 is 17.8 Å². The van der Waals surface area contributed by atoms with Crippen LogP contribution >= 0.6 is 23.2 Å². The van der Waals surface area contributed by atoms with Crippen LogP contribution in [0.15, 0.2) is 30.4 Å². The van der Waals surface area contributed by atoms with Crippen LogP contribution in [0.2, 0.25) is 10.0 Å². The molecule has 0 saturated carbocycles. The van der Waals surface area contributed by atoms with Crippen LogP contribution in [0.3, 0.4) is 0 Å². The molecule has 0 aromatic heterocycles. The molecule has 0 unspecified atom stereocenters. The highest BCUT2D eigenvalue weighted by Crippen LogP contribution is 2.26. The Morgan fingerprint density at radius 1 is 1.14 bits per heavy atom. The van der Waals surface area contributed by atoms with E-state index >= 15 is 0 Å². The molecule has 0 radical (unpaired) electrons. The number of benzene rings is 1. The van der Waals surface area contributed by atoms with Gasteiger partial charge in [0.25, 0.3) is 0 Å². The number of aliphatic carboxylic acids is 1. The molecule has 1 aromatic carbocycles. The van der Waals surface area contributed by atoms with Gasteiger partial charge in [-0.15, -0.1) is 0 Å². The number of carbonyl (C=O) groups is 2. The molecule has 1 amide bonds. The van der Waals surface area contributed by atoms with Crippen LogP contribution in [0.1, 0.15) is 18.4 Å². The number of rotatable bonds is 4. The Morgan fingerprint density at radius 3 is 2.43 bits per heavy atom. The highest BCUT2D eigenvalue weighted by Gasteiger charge is 2.33. The van der Waals surface area contributed by atoms with Gasteiger partial charge in [-0.25, -0.2) is 0 Å². The topological polar surface area (TPSA) is 66.4 Å². The van der Waals surface area contributed by atoms with Crippen molar-refractivity contribution in [3.05, 3.63) is 46.0 Å². The molecule has 1 aliphatic carbocycles. The second kappa shape index (κ2) is 6.96. The highest BCUT2D eigenvalue weighted by atomic mass is 35.5. The average molecular weight is 328 g/mol. The standard InChI is InChI=1S/C15H15Cl2NO3/c16-12-6-5-9(7-13(12)17)8-18-14(19)10-3-1-2-4-11(10)15(20)21/h1-2,5-7,10-11H,3-4,8H2,(H,18,19)(H,20,21)/t10-,11+/m0/s1. The molecule has 0 aliphatic heterocycles. The van der Waals surface area contributed by atoms with E-state index in [0.29, 0.717) is 29.4 Å². The molecule has 0 spiro atoms.